The van der Waals surface area contributed by atoms with Gasteiger partial charge in [-0.2, -0.15) is 0 Å². The minimum atomic E-state index is -0.701. The summed E-state index contributed by atoms with van der Waals surface area (Å²) in [5.74, 6) is -1.61. The molecule has 0 saturated carbocycles. The van der Waals surface area contributed by atoms with Crippen molar-refractivity contribution in [3.63, 3.8) is 0 Å². The summed E-state index contributed by atoms with van der Waals surface area (Å²) in [6.45, 7) is 8.40. The van der Waals surface area contributed by atoms with Crippen molar-refractivity contribution in [3.05, 3.63) is 49.5 Å². The standard InChI is InChI=1S/C12H14O4/c1-4-7-8-9-12(15-10(13)5-2)16-11(14)6-3/h5-9H,2-4H2,1H3/b8-7+. The predicted octanol–water partition coefficient (Wildman–Crippen LogP) is 2.25. The number of hydrogen-bond donors (Lipinski definition) is 0. The SMILES string of the molecule is C=CC(=O)OC(=C/C=C/CC)OC(=O)C=C. The zero-order valence-electron chi connectivity index (χ0n) is 9.14. The molecule has 0 amide bonds. The van der Waals surface area contributed by atoms with Crippen LogP contribution >= 0.6 is 0 Å². The van der Waals surface area contributed by atoms with Gasteiger partial charge in [-0.05, 0) is 6.42 Å². The van der Waals surface area contributed by atoms with Gasteiger partial charge in [0.1, 0.15) is 0 Å². The Morgan fingerprint density at radius 3 is 2.00 bits per heavy atom. The van der Waals surface area contributed by atoms with Crippen LogP contribution in [0.5, 0.6) is 0 Å². The van der Waals surface area contributed by atoms with E-state index in [0.29, 0.717) is 0 Å². The number of hydrogen-bond acceptors (Lipinski definition) is 4. The fraction of sp³-hybridized carbons (Fsp3) is 0.167. The molecule has 0 aromatic heterocycles. The summed E-state index contributed by atoms with van der Waals surface area (Å²) in [5, 5.41) is 0. The van der Waals surface area contributed by atoms with Crippen LogP contribution in [0.15, 0.2) is 49.5 Å². The zero-order chi connectivity index (χ0) is 12.4. The second-order valence-electron chi connectivity index (χ2n) is 2.57. The van der Waals surface area contributed by atoms with E-state index in [1.165, 1.54) is 6.08 Å². The first kappa shape index (κ1) is 13.9. The quantitative estimate of drug-likeness (QED) is 0.299. The molecule has 4 nitrogen and oxygen atoms in total. The summed E-state index contributed by atoms with van der Waals surface area (Å²) in [5.41, 5.74) is 0. The van der Waals surface area contributed by atoms with E-state index in [1.807, 2.05) is 13.0 Å². The zero-order valence-corrected chi connectivity index (χ0v) is 9.14. The molecular weight excluding hydrogens is 208 g/mol. The molecule has 0 rings (SSSR count). The Morgan fingerprint density at radius 2 is 1.62 bits per heavy atom. The Kier molecular flexibility index (Phi) is 7.15. The molecule has 0 atom stereocenters. The van der Waals surface area contributed by atoms with Gasteiger partial charge in [0.05, 0.1) is 0 Å². The minimum absolute atomic E-state index is 0.209. The maximum Gasteiger partial charge on any atom is 0.337 e. The Bertz CT molecular complexity index is 313. The normalized spacial score (nSPS) is 9.31. The van der Waals surface area contributed by atoms with Gasteiger partial charge in [-0.15, -0.1) is 0 Å². The average molecular weight is 222 g/mol. The first-order chi connectivity index (χ1) is 7.63. The topological polar surface area (TPSA) is 52.6 Å². The number of carbonyl (C=O) groups is 2. The fourth-order valence-corrected chi connectivity index (χ4v) is 0.653. The minimum Gasteiger partial charge on any atom is -0.389 e. The van der Waals surface area contributed by atoms with E-state index in [4.69, 9.17) is 0 Å². The molecule has 0 saturated heterocycles. The summed E-state index contributed by atoms with van der Waals surface area (Å²) in [7, 11) is 0. The number of ether oxygens (including phenoxy) is 2. The lowest BCUT2D eigenvalue weighted by Crippen LogP contribution is -2.07. The Morgan fingerprint density at radius 1 is 1.12 bits per heavy atom. The molecule has 0 spiro atoms. The third kappa shape index (κ3) is 6.37. The van der Waals surface area contributed by atoms with Crippen molar-refractivity contribution < 1.29 is 19.1 Å². The number of rotatable bonds is 6. The molecular formula is C12H14O4. The van der Waals surface area contributed by atoms with Crippen LogP contribution in [0, 0.1) is 0 Å². The van der Waals surface area contributed by atoms with Gasteiger partial charge in [-0.1, -0.05) is 32.2 Å². The summed E-state index contributed by atoms with van der Waals surface area (Å²) in [6.07, 6.45) is 7.55. The molecule has 0 N–H and O–H groups in total. The molecule has 0 aromatic carbocycles. The second kappa shape index (κ2) is 8.23. The van der Waals surface area contributed by atoms with Gasteiger partial charge in [0.2, 0.25) is 0 Å². The van der Waals surface area contributed by atoms with Crippen molar-refractivity contribution in [1.29, 1.82) is 0 Å². The molecule has 0 bridgehead atoms. The van der Waals surface area contributed by atoms with Gasteiger partial charge in [0.25, 0.3) is 5.95 Å². The molecule has 0 radical (unpaired) electrons. The van der Waals surface area contributed by atoms with Crippen molar-refractivity contribution >= 4 is 11.9 Å². The molecule has 4 heteroatoms. The van der Waals surface area contributed by atoms with Gasteiger partial charge < -0.3 is 9.47 Å². The fourth-order valence-electron chi connectivity index (χ4n) is 0.653. The van der Waals surface area contributed by atoms with Crippen LogP contribution in [0.1, 0.15) is 13.3 Å². The molecule has 0 aliphatic carbocycles. The van der Waals surface area contributed by atoms with Crippen molar-refractivity contribution in [1.82, 2.24) is 0 Å². The van der Waals surface area contributed by atoms with Crippen LogP contribution < -0.4 is 0 Å². The lowest BCUT2D eigenvalue weighted by atomic mass is 10.4. The van der Waals surface area contributed by atoms with E-state index in [1.54, 1.807) is 6.08 Å². The molecule has 86 valence electrons. The molecule has 0 fully saturated rings. The van der Waals surface area contributed by atoms with Crippen molar-refractivity contribution in [3.8, 4) is 0 Å². The lowest BCUT2D eigenvalue weighted by Gasteiger charge is -2.04. The van der Waals surface area contributed by atoms with Crippen molar-refractivity contribution in [2.45, 2.75) is 13.3 Å². The average Bonchev–Trinajstić information content (AvgIpc) is 2.28. The van der Waals surface area contributed by atoms with E-state index >= 15 is 0 Å². The van der Waals surface area contributed by atoms with Gasteiger partial charge in [0.15, 0.2) is 0 Å². The molecule has 0 aromatic rings. The lowest BCUT2D eigenvalue weighted by molar-refractivity contribution is -0.147. The Balaban J connectivity index is 4.61. The maximum atomic E-state index is 10.9. The van der Waals surface area contributed by atoms with Crippen LogP contribution in [0.3, 0.4) is 0 Å². The van der Waals surface area contributed by atoms with Crippen LogP contribution in [-0.2, 0) is 19.1 Å². The Labute approximate surface area is 94.5 Å². The van der Waals surface area contributed by atoms with Gasteiger partial charge in [-0.3, -0.25) is 0 Å². The monoisotopic (exact) mass is 222 g/mol. The number of allylic oxidation sites excluding steroid dienone is 3. The highest BCUT2D eigenvalue weighted by atomic mass is 16.7. The van der Waals surface area contributed by atoms with Crippen LogP contribution in [0.25, 0.3) is 0 Å². The molecule has 0 aliphatic heterocycles. The van der Waals surface area contributed by atoms with Crippen LogP contribution in [0.4, 0.5) is 0 Å². The van der Waals surface area contributed by atoms with E-state index in [2.05, 4.69) is 22.6 Å². The van der Waals surface area contributed by atoms with E-state index in [0.717, 1.165) is 18.6 Å². The van der Waals surface area contributed by atoms with Crippen LogP contribution in [0.2, 0.25) is 0 Å². The third-order valence-corrected chi connectivity index (χ3v) is 1.34. The number of esters is 2. The summed E-state index contributed by atoms with van der Waals surface area (Å²) < 4.78 is 9.36. The largest absolute Gasteiger partial charge is 0.389 e. The van der Waals surface area contributed by atoms with Crippen molar-refractivity contribution in [2.75, 3.05) is 0 Å². The van der Waals surface area contributed by atoms with E-state index in [9.17, 15) is 9.59 Å². The Hall–Kier alpha value is -2.10. The van der Waals surface area contributed by atoms with E-state index in [-0.39, 0.29) is 5.95 Å². The summed E-state index contributed by atoms with van der Waals surface area (Å²) in [6, 6.07) is 0. The second-order valence-corrected chi connectivity index (χ2v) is 2.57. The first-order valence-electron chi connectivity index (χ1n) is 4.69. The smallest absolute Gasteiger partial charge is 0.337 e. The van der Waals surface area contributed by atoms with Gasteiger partial charge in [0, 0.05) is 18.2 Å². The third-order valence-electron chi connectivity index (χ3n) is 1.34. The highest BCUT2D eigenvalue weighted by Crippen LogP contribution is 2.03. The van der Waals surface area contributed by atoms with Gasteiger partial charge in [-0.25, -0.2) is 9.59 Å². The highest BCUT2D eigenvalue weighted by molar-refractivity contribution is 5.84. The predicted molar refractivity (Wildman–Crippen MR) is 60.1 cm³/mol. The first-order valence-corrected chi connectivity index (χ1v) is 4.69. The molecule has 0 aliphatic rings. The van der Waals surface area contributed by atoms with Gasteiger partial charge >= 0.3 is 11.9 Å². The van der Waals surface area contributed by atoms with Crippen molar-refractivity contribution in [2.24, 2.45) is 0 Å². The maximum absolute atomic E-state index is 10.9. The summed E-state index contributed by atoms with van der Waals surface area (Å²) >= 11 is 0. The molecule has 0 heterocycles. The highest BCUT2D eigenvalue weighted by Gasteiger charge is 2.07. The van der Waals surface area contributed by atoms with E-state index < -0.39 is 11.9 Å². The molecule has 0 unspecified atom stereocenters. The summed E-state index contributed by atoms with van der Waals surface area (Å²) in [4.78, 5) is 21.8. The van der Waals surface area contributed by atoms with Crippen LogP contribution in [-0.4, -0.2) is 11.9 Å². The molecule has 16 heavy (non-hydrogen) atoms. The number of carbonyl (C=O) groups excluding carboxylic acids is 2.